The third-order valence-corrected chi connectivity index (χ3v) is 4.16. The number of halogens is 1. The minimum atomic E-state index is 0.217. The van der Waals surface area contributed by atoms with Crippen LogP contribution in [0.2, 0.25) is 5.02 Å². The van der Waals surface area contributed by atoms with Crippen LogP contribution in [0, 0.1) is 0 Å². The van der Waals surface area contributed by atoms with E-state index in [1.807, 2.05) is 12.1 Å². The SMILES string of the molecule is CN=C(NCCCOC)NCC1(c2cccc(Cl)c2)CC1. The Kier molecular flexibility index (Phi) is 5.88. The summed E-state index contributed by atoms with van der Waals surface area (Å²) in [4.78, 5) is 4.26. The first-order valence-electron chi connectivity index (χ1n) is 7.40. The van der Waals surface area contributed by atoms with Crippen molar-refractivity contribution in [2.75, 3.05) is 33.9 Å². The highest BCUT2D eigenvalue weighted by Crippen LogP contribution is 2.48. The van der Waals surface area contributed by atoms with Crippen LogP contribution >= 0.6 is 11.6 Å². The Hall–Kier alpha value is -1.26. The van der Waals surface area contributed by atoms with Gasteiger partial charge in [0.1, 0.15) is 0 Å². The number of methoxy groups -OCH3 is 1. The van der Waals surface area contributed by atoms with Gasteiger partial charge < -0.3 is 15.4 Å². The van der Waals surface area contributed by atoms with Crippen LogP contribution in [-0.4, -0.2) is 39.8 Å². The summed E-state index contributed by atoms with van der Waals surface area (Å²) in [7, 11) is 3.51. The van der Waals surface area contributed by atoms with Crippen LogP contribution in [0.1, 0.15) is 24.8 Å². The second-order valence-corrected chi connectivity index (χ2v) is 5.93. The smallest absolute Gasteiger partial charge is 0.191 e. The number of nitrogens with one attached hydrogen (secondary N) is 2. The summed E-state index contributed by atoms with van der Waals surface area (Å²) in [5.74, 6) is 0.847. The van der Waals surface area contributed by atoms with Gasteiger partial charge in [0.2, 0.25) is 0 Å². The predicted octanol–water partition coefficient (Wildman–Crippen LogP) is 2.57. The minimum absolute atomic E-state index is 0.217. The van der Waals surface area contributed by atoms with E-state index in [0.717, 1.165) is 37.1 Å². The van der Waals surface area contributed by atoms with Crippen LogP contribution in [0.4, 0.5) is 0 Å². The lowest BCUT2D eigenvalue weighted by Gasteiger charge is -2.19. The zero-order valence-electron chi connectivity index (χ0n) is 12.8. The molecule has 0 unspecified atom stereocenters. The van der Waals surface area contributed by atoms with E-state index in [0.29, 0.717) is 0 Å². The number of aliphatic imine (C=N–C) groups is 1. The van der Waals surface area contributed by atoms with Gasteiger partial charge in [-0.15, -0.1) is 0 Å². The lowest BCUT2D eigenvalue weighted by atomic mass is 9.96. The standard InChI is InChI=1S/C16H24ClN3O/c1-18-15(19-9-4-10-21-2)20-12-16(7-8-16)13-5-3-6-14(17)11-13/h3,5-6,11H,4,7-10,12H2,1-2H3,(H2,18,19,20). The molecule has 0 heterocycles. The molecule has 1 aromatic rings. The molecule has 1 fully saturated rings. The molecule has 1 aliphatic rings. The van der Waals surface area contributed by atoms with Crippen LogP contribution in [0.15, 0.2) is 29.3 Å². The summed E-state index contributed by atoms with van der Waals surface area (Å²) in [6.07, 6.45) is 3.36. The first-order chi connectivity index (χ1) is 10.2. The Morgan fingerprint density at radius 2 is 2.19 bits per heavy atom. The lowest BCUT2D eigenvalue weighted by Crippen LogP contribution is -2.41. The fourth-order valence-electron chi connectivity index (χ4n) is 2.43. The molecule has 0 amide bonds. The molecular formula is C16H24ClN3O. The Labute approximate surface area is 131 Å². The Morgan fingerprint density at radius 1 is 1.38 bits per heavy atom. The van der Waals surface area contributed by atoms with Crippen molar-refractivity contribution < 1.29 is 4.74 Å². The van der Waals surface area contributed by atoms with Gasteiger partial charge in [0, 0.05) is 44.3 Å². The van der Waals surface area contributed by atoms with E-state index in [1.54, 1.807) is 14.2 Å². The van der Waals surface area contributed by atoms with Crippen molar-refractivity contribution in [3.63, 3.8) is 0 Å². The second-order valence-electron chi connectivity index (χ2n) is 5.49. The molecule has 0 spiro atoms. The summed E-state index contributed by atoms with van der Waals surface area (Å²) >= 11 is 6.10. The zero-order chi connectivity index (χ0) is 15.1. The van der Waals surface area contributed by atoms with Gasteiger partial charge in [-0.1, -0.05) is 23.7 Å². The van der Waals surface area contributed by atoms with Crippen molar-refractivity contribution in [2.24, 2.45) is 4.99 Å². The summed E-state index contributed by atoms with van der Waals surface area (Å²) in [6, 6.07) is 8.18. The summed E-state index contributed by atoms with van der Waals surface area (Å²) < 4.78 is 5.04. The van der Waals surface area contributed by atoms with E-state index < -0.39 is 0 Å². The third kappa shape index (κ3) is 4.61. The molecule has 0 radical (unpaired) electrons. The molecule has 2 N–H and O–H groups in total. The lowest BCUT2D eigenvalue weighted by molar-refractivity contribution is 0.195. The van der Waals surface area contributed by atoms with Gasteiger partial charge in [0.15, 0.2) is 5.96 Å². The van der Waals surface area contributed by atoms with Crippen LogP contribution in [0.25, 0.3) is 0 Å². The van der Waals surface area contributed by atoms with Gasteiger partial charge in [-0.25, -0.2) is 0 Å². The van der Waals surface area contributed by atoms with Crippen LogP contribution in [0.5, 0.6) is 0 Å². The molecule has 1 saturated carbocycles. The Morgan fingerprint density at radius 3 is 2.81 bits per heavy atom. The topological polar surface area (TPSA) is 45.7 Å². The number of ether oxygens (including phenoxy) is 1. The number of hydrogen-bond donors (Lipinski definition) is 2. The highest BCUT2D eigenvalue weighted by Gasteiger charge is 2.44. The van der Waals surface area contributed by atoms with Crippen LogP contribution in [-0.2, 0) is 10.2 Å². The van der Waals surface area contributed by atoms with Gasteiger partial charge in [-0.3, -0.25) is 4.99 Å². The fraction of sp³-hybridized carbons (Fsp3) is 0.562. The van der Waals surface area contributed by atoms with E-state index >= 15 is 0 Å². The average molecular weight is 310 g/mol. The maximum absolute atomic E-state index is 6.10. The van der Waals surface area contributed by atoms with E-state index in [-0.39, 0.29) is 5.41 Å². The van der Waals surface area contributed by atoms with Crippen LogP contribution < -0.4 is 10.6 Å². The molecule has 4 nitrogen and oxygen atoms in total. The van der Waals surface area contributed by atoms with Gasteiger partial charge >= 0.3 is 0 Å². The van der Waals surface area contributed by atoms with Crippen LogP contribution in [0.3, 0.4) is 0 Å². The molecule has 2 rings (SSSR count). The highest BCUT2D eigenvalue weighted by molar-refractivity contribution is 6.30. The molecule has 116 valence electrons. The minimum Gasteiger partial charge on any atom is -0.385 e. The molecule has 0 aliphatic heterocycles. The highest BCUT2D eigenvalue weighted by atomic mass is 35.5. The molecule has 1 aliphatic carbocycles. The van der Waals surface area contributed by atoms with Crippen molar-refractivity contribution in [3.8, 4) is 0 Å². The molecular weight excluding hydrogens is 286 g/mol. The van der Waals surface area contributed by atoms with Crippen molar-refractivity contribution in [3.05, 3.63) is 34.9 Å². The maximum Gasteiger partial charge on any atom is 0.191 e. The van der Waals surface area contributed by atoms with E-state index in [2.05, 4.69) is 27.8 Å². The second kappa shape index (κ2) is 7.66. The van der Waals surface area contributed by atoms with E-state index in [9.17, 15) is 0 Å². The van der Waals surface area contributed by atoms with Gasteiger partial charge in [-0.2, -0.15) is 0 Å². The predicted molar refractivity (Wildman–Crippen MR) is 88.2 cm³/mol. The molecule has 5 heteroatoms. The molecule has 0 atom stereocenters. The fourth-order valence-corrected chi connectivity index (χ4v) is 2.62. The first-order valence-corrected chi connectivity index (χ1v) is 7.77. The largest absolute Gasteiger partial charge is 0.385 e. The van der Waals surface area contributed by atoms with Crippen molar-refractivity contribution in [2.45, 2.75) is 24.7 Å². The van der Waals surface area contributed by atoms with Crippen molar-refractivity contribution in [1.82, 2.24) is 10.6 Å². The van der Waals surface area contributed by atoms with Crippen molar-refractivity contribution >= 4 is 17.6 Å². The quantitative estimate of drug-likeness (QED) is 0.462. The van der Waals surface area contributed by atoms with E-state index in [1.165, 1.54) is 18.4 Å². The molecule has 0 bridgehead atoms. The molecule has 0 aromatic heterocycles. The summed E-state index contributed by atoms with van der Waals surface area (Å²) in [5.41, 5.74) is 1.53. The number of nitrogens with zero attached hydrogens (tertiary/aromatic N) is 1. The Bertz CT molecular complexity index is 486. The number of guanidine groups is 1. The molecule has 1 aromatic carbocycles. The first kappa shape index (κ1) is 16.1. The monoisotopic (exact) mass is 309 g/mol. The zero-order valence-corrected chi connectivity index (χ0v) is 13.5. The normalized spacial score (nSPS) is 16.6. The number of hydrogen-bond acceptors (Lipinski definition) is 2. The number of benzene rings is 1. The summed E-state index contributed by atoms with van der Waals surface area (Å²) in [6.45, 7) is 2.51. The molecule has 0 saturated heterocycles. The summed E-state index contributed by atoms with van der Waals surface area (Å²) in [5, 5.41) is 7.53. The van der Waals surface area contributed by atoms with Crippen molar-refractivity contribution in [1.29, 1.82) is 0 Å². The Balaban J connectivity index is 1.84. The third-order valence-electron chi connectivity index (χ3n) is 3.93. The molecule has 21 heavy (non-hydrogen) atoms. The van der Waals surface area contributed by atoms with E-state index in [4.69, 9.17) is 16.3 Å². The van der Waals surface area contributed by atoms with Gasteiger partial charge in [0.25, 0.3) is 0 Å². The number of rotatable bonds is 7. The maximum atomic E-state index is 6.10. The average Bonchev–Trinajstić information content (AvgIpc) is 3.28. The van der Waals surface area contributed by atoms with Gasteiger partial charge in [-0.05, 0) is 37.0 Å². The van der Waals surface area contributed by atoms with Gasteiger partial charge in [0.05, 0.1) is 0 Å².